The third kappa shape index (κ3) is 6.73. The fourth-order valence-electron chi connectivity index (χ4n) is 1.59. The molecule has 1 atom stereocenters. The van der Waals surface area contributed by atoms with Crippen LogP contribution in [0.5, 0.6) is 5.75 Å². The smallest absolute Gasteiger partial charge is 0.546 e. The summed E-state index contributed by atoms with van der Waals surface area (Å²) in [4.78, 5) is 23.2. The van der Waals surface area contributed by atoms with Crippen LogP contribution in [0.3, 0.4) is 0 Å². The van der Waals surface area contributed by atoms with E-state index in [0.717, 1.165) is 3.57 Å². The van der Waals surface area contributed by atoms with Gasteiger partial charge in [0, 0.05) is 10.1 Å². The van der Waals surface area contributed by atoms with Gasteiger partial charge in [-0.1, -0.05) is 6.92 Å². The number of halogens is 3. The fourth-order valence-corrected chi connectivity index (χ4v) is 5.70. The van der Waals surface area contributed by atoms with Crippen LogP contribution in [0.2, 0.25) is 0 Å². The normalized spacial score (nSPS) is 11.3. The van der Waals surface area contributed by atoms with Crippen LogP contribution in [0.15, 0.2) is 6.07 Å². The van der Waals surface area contributed by atoms with E-state index in [2.05, 4.69) is 5.32 Å². The van der Waals surface area contributed by atoms with Crippen molar-refractivity contribution in [3.63, 3.8) is 0 Å². The van der Waals surface area contributed by atoms with Gasteiger partial charge in [-0.2, -0.15) is 0 Å². The molecule has 0 bridgehead atoms. The SMILES string of the molecule is CCC(Oc1c(I)cc(I)c(C(=O)NCCO)c1I)C(=O)[O-].[Na+]. The number of aliphatic carboxylic acids is 1. The minimum Gasteiger partial charge on any atom is -0.546 e. The van der Waals surface area contributed by atoms with Crippen molar-refractivity contribution in [3.05, 3.63) is 22.3 Å². The number of hydrogen-bond donors (Lipinski definition) is 2. The summed E-state index contributed by atoms with van der Waals surface area (Å²) < 4.78 is 7.49. The molecule has 1 aromatic rings. The molecule has 0 fully saturated rings. The number of amides is 1. The Hall–Kier alpha value is 1.11. The second kappa shape index (κ2) is 11.7. The number of carbonyl (C=O) groups excluding carboxylic acids is 2. The molecule has 0 saturated carbocycles. The molecule has 23 heavy (non-hydrogen) atoms. The molecule has 1 rings (SSSR count). The van der Waals surface area contributed by atoms with Crippen molar-refractivity contribution in [2.24, 2.45) is 0 Å². The molecule has 6 nitrogen and oxygen atoms in total. The van der Waals surface area contributed by atoms with E-state index in [1.54, 1.807) is 13.0 Å². The van der Waals surface area contributed by atoms with Gasteiger partial charge >= 0.3 is 29.6 Å². The number of aliphatic hydroxyl groups excluding tert-OH is 1. The zero-order chi connectivity index (χ0) is 16.9. The Balaban J connectivity index is 0.00000484. The standard InChI is InChI=1S/C13H14I3NO5.Na/c1-2-8(13(20)21)22-11-7(15)5-6(14)9(10(11)16)12(19)17-3-4-18;/h5,8,18H,2-4H2,1H3,(H,17,19)(H,20,21);/q;+1/p-1. The first-order valence-electron chi connectivity index (χ1n) is 6.27. The molecule has 0 saturated heterocycles. The van der Waals surface area contributed by atoms with E-state index in [-0.39, 0.29) is 55.0 Å². The van der Waals surface area contributed by atoms with Crippen LogP contribution < -0.4 is 44.7 Å². The first kappa shape index (κ1) is 24.1. The summed E-state index contributed by atoms with van der Waals surface area (Å²) in [5.74, 6) is -1.28. The van der Waals surface area contributed by atoms with Gasteiger partial charge in [0.2, 0.25) is 0 Å². The molecule has 1 unspecified atom stereocenters. The minimum atomic E-state index is -1.29. The monoisotopic (exact) mass is 667 g/mol. The number of nitrogens with one attached hydrogen (secondary N) is 1. The Morgan fingerprint density at radius 1 is 1.35 bits per heavy atom. The first-order valence-corrected chi connectivity index (χ1v) is 9.51. The van der Waals surface area contributed by atoms with Gasteiger partial charge in [-0.05, 0) is 80.3 Å². The summed E-state index contributed by atoms with van der Waals surface area (Å²) >= 11 is 6.03. The molecule has 0 aliphatic rings. The van der Waals surface area contributed by atoms with Gasteiger partial charge in [0.05, 0.1) is 25.3 Å². The molecule has 0 heterocycles. The van der Waals surface area contributed by atoms with Crippen molar-refractivity contribution < 1.29 is 54.1 Å². The van der Waals surface area contributed by atoms with E-state index in [4.69, 9.17) is 9.84 Å². The van der Waals surface area contributed by atoms with Crippen LogP contribution in [0.4, 0.5) is 0 Å². The number of hydrogen-bond acceptors (Lipinski definition) is 5. The molecule has 0 aromatic heterocycles. The minimum absolute atomic E-state index is 0. The molecular weight excluding hydrogens is 654 g/mol. The maximum atomic E-state index is 12.2. The molecule has 2 N–H and O–H groups in total. The van der Waals surface area contributed by atoms with E-state index in [1.807, 2.05) is 67.8 Å². The van der Waals surface area contributed by atoms with Crippen LogP contribution in [-0.4, -0.2) is 36.2 Å². The molecule has 1 amide bonds. The molecule has 0 aliphatic carbocycles. The van der Waals surface area contributed by atoms with Crippen LogP contribution >= 0.6 is 67.8 Å². The summed E-state index contributed by atoms with van der Waals surface area (Å²) in [6.07, 6.45) is -0.817. The average molecular weight is 667 g/mol. The maximum absolute atomic E-state index is 12.2. The summed E-state index contributed by atoms with van der Waals surface area (Å²) in [7, 11) is 0. The van der Waals surface area contributed by atoms with E-state index in [1.165, 1.54) is 0 Å². The molecule has 1 aromatic carbocycles. The van der Waals surface area contributed by atoms with Gasteiger partial charge in [0.1, 0.15) is 11.9 Å². The summed E-state index contributed by atoms with van der Waals surface area (Å²) in [6, 6.07) is 1.74. The van der Waals surface area contributed by atoms with E-state index >= 15 is 0 Å². The van der Waals surface area contributed by atoms with Crippen LogP contribution in [0.25, 0.3) is 0 Å². The Morgan fingerprint density at radius 2 is 1.96 bits per heavy atom. The summed E-state index contributed by atoms with van der Waals surface area (Å²) in [5.41, 5.74) is 0.401. The largest absolute Gasteiger partial charge is 1.00 e. The predicted octanol–water partition coefficient (Wildman–Crippen LogP) is -1.87. The third-order valence-corrected chi connectivity index (χ3v) is 5.33. The molecule has 0 aliphatic heterocycles. The van der Waals surface area contributed by atoms with Crippen molar-refractivity contribution in [2.75, 3.05) is 13.2 Å². The second-order valence-electron chi connectivity index (χ2n) is 4.17. The molecule has 122 valence electrons. The first-order chi connectivity index (χ1) is 10.3. The van der Waals surface area contributed by atoms with Gasteiger partial charge in [0.25, 0.3) is 5.91 Å². The topological polar surface area (TPSA) is 98.7 Å². The van der Waals surface area contributed by atoms with Crippen molar-refractivity contribution in [1.82, 2.24) is 5.32 Å². The number of carboxylic acid groups (broad SMARTS) is 1. The van der Waals surface area contributed by atoms with E-state index < -0.39 is 12.1 Å². The van der Waals surface area contributed by atoms with Crippen molar-refractivity contribution in [3.8, 4) is 5.75 Å². The van der Waals surface area contributed by atoms with Crippen LogP contribution in [0.1, 0.15) is 23.7 Å². The summed E-state index contributed by atoms with van der Waals surface area (Å²) in [6.45, 7) is 1.67. The molecule has 0 spiro atoms. The van der Waals surface area contributed by atoms with Crippen LogP contribution in [0, 0.1) is 10.7 Å². The summed E-state index contributed by atoms with van der Waals surface area (Å²) in [5, 5.41) is 22.4. The number of aliphatic hydroxyl groups is 1. The van der Waals surface area contributed by atoms with Gasteiger partial charge in [-0.15, -0.1) is 0 Å². The third-order valence-electron chi connectivity index (χ3n) is 2.65. The predicted molar refractivity (Wildman–Crippen MR) is 104 cm³/mol. The number of ether oxygens (including phenoxy) is 1. The Bertz CT molecular complexity index is 585. The van der Waals surface area contributed by atoms with Gasteiger partial charge in [-0.3, -0.25) is 4.79 Å². The van der Waals surface area contributed by atoms with E-state index in [0.29, 0.717) is 18.5 Å². The number of carboxylic acids is 1. The quantitative estimate of drug-likeness (QED) is 0.263. The van der Waals surface area contributed by atoms with E-state index in [9.17, 15) is 14.7 Å². The molecule has 0 radical (unpaired) electrons. The number of benzene rings is 1. The second-order valence-corrected chi connectivity index (χ2v) is 7.57. The average Bonchev–Trinajstić information content (AvgIpc) is 2.44. The van der Waals surface area contributed by atoms with Crippen molar-refractivity contribution in [2.45, 2.75) is 19.4 Å². The molecular formula is C13H13I3NNaO5. The van der Waals surface area contributed by atoms with Gasteiger partial charge in [0.15, 0.2) is 0 Å². The van der Waals surface area contributed by atoms with Gasteiger partial charge < -0.3 is 25.1 Å². The van der Waals surface area contributed by atoms with Gasteiger partial charge in [-0.25, -0.2) is 0 Å². The maximum Gasteiger partial charge on any atom is 1.00 e. The zero-order valence-corrected chi connectivity index (χ0v) is 21.0. The fraction of sp³-hybridized carbons (Fsp3) is 0.385. The Morgan fingerprint density at radius 3 is 2.43 bits per heavy atom. The molecule has 10 heteroatoms. The Kier molecular flexibility index (Phi) is 12.2. The Labute approximate surface area is 197 Å². The zero-order valence-electron chi connectivity index (χ0n) is 12.5. The van der Waals surface area contributed by atoms with Crippen molar-refractivity contribution in [1.29, 1.82) is 0 Å². The van der Waals surface area contributed by atoms with Crippen molar-refractivity contribution >= 4 is 79.6 Å². The number of carbonyl (C=O) groups is 2. The van der Waals surface area contributed by atoms with Crippen LogP contribution in [-0.2, 0) is 4.79 Å². The number of rotatable bonds is 7.